The summed E-state index contributed by atoms with van der Waals surface area (Å²) in [5, 5.41) is 7.25. The van der Waals surface area contributed by atoms with Crippen LogP contribution in [0.15, 0.2) is 78.5 Å². The second-order valence-corrected chi connectivity index (χ2v) is 6.75. The van der Waals surface area contributed by atoms with Crippen molar-refractivity contribution in [3.05, 3.63) is 84.1 Å². The summed E-state index contributed by atoms with van der Waals surface area (Å²) in [5.74, 6) is -1.68. The molecule has 0 bridgehead atoms. The van der Waals surface area contributed by atoms with Crippen LogP contribution in [0.5, 0.6) is 0 Å². The molecule has 30 heavy (non-hydrogen) atoms. The molecule has 0 aliphatic rings. The SMILES string of the molecule is CC(=O)N/C(=C\c1ccccc1)C(=O)OC(C)C(=O)Nc1ccc2ccccc2c1. The predicted octanol–water partition coefficient (Wildman–Crippen LogP) is 3.89. The second kappa shape index (κ2) is 9.52. The molecule has 1 atom stereocenters. The van der Waals surface area contributed by atoms with Crippen LogP contribution in [0, 0.1) is 0 Å². The van der Waals surface area contributed by atoms with Crippen LogP contribution in [-0.2, 0) is 19.1 Å². The number of carbonyl (C=O) groups excluding carboxylic acids is 3. The number of amides is 2. The van der Waals surface area contributed by atoms with E-state index in [1.807, 2.05) is 54.6 Å². The summed E-state index contributed by atoms with van der Waals surface area (Å²) in [6.45, 7) is 2.77. The summed E-state index contributed by atoms with van der Waals surface area (Å²) in [7, 11) is 0. The van der Waals surface area contributed by atoms with Gasteiger partial charge in [0.15, 0.2) is 6.10 Å². The van der Waals surface area contributed by atoms with Gasteiger partial charge in [-0.25, -0.2) is 4.79 Å². The minimum atomic E-state index is -1.06. The van der Waals surface area contributed by atoms with Gasteiger partial charge in [-0.2, -0.15) is 0 Å². The van der Waals surface area contributed by atoms with Gasteiger partial charge in [-0.3, -0.25) is 9.59 Å². The highest BCUT2D eigenvalue weighted by Crippen LogP contribution is 2.19. The number of esters is 1. The number of ether oxygens (including phenoxy) is 1. The molecule has 2 amide bonds. The predicted molar refractivity (Wildman–Crippen MR) is 116 cm³/mol. The first-order valence-electron chi connectivity index (χ1n) is 9.47. The van der Waals surface area contributed by atoms with E-state index in [1.165, 1.54) is 19.9 Å². The highest BCUT2D eigenvalue weighted by molar-refractivity contribution is 6.01. The fourth-order valence-electron chi connectivity index (χ4n) is 2.84. The van der Waals surface area contributed by atoms with E-state index in [0.717, 1.165) is 10.8 Å². The van der Waals surface area contributed by atoms with Gasteiger partial charge in [-0.05, 0) is 41.5 Å². The van der Waals surface area contributed by atoms with Crippen molar-refractivity contribution in [3.8, 4) is 0 Å². The quantitative estimate of drug-likeness (QED) is 0.484. The largest absolute Gasteiger partial charge is 0.448 e. The minimum absolute atomic E-state index is 0.0425. The zero-order valence-electron chi connectivity index (χ0n) is 16.7. The van der Waals surface area contributed by atoms with Gasteiger partial charge in [0.1, 0.15) is 5.70 Å². The molecule has 0 aliphatic carbocycles. The molecular weight excluding hydrogens is 380 g/mol. The van der Waals surface area contributed by atoms with Crippen LogP contribution in [0.2, 0.25) is 0 Å². The maximum Gasteiger partial charge on any atom is 0.355 e. The van der Waals surface area contributed by atoms with Crippen LogP contribution >= 0.6 is 0 Å². The molecule has 3 aromatic rings. The van der Waals surface area contributed by atoms with Crippen LogP contribution < -0.4 is 10.6 Å². The molecule has 3 rings (SSSR count). The number of fused-ring (bicyclic) bond motifs is 1. The van der Waals surface area contributed by atoms with Gasteiger partial charge in [0.25, 0.3) is 5.91 Å². The Labute approximate surface area is 174 Å². The van der Waals surface area contributed by atoms with Crippen molar-refractivity contribution in [2.45, 2.75) is 20.0 Å². The van der Waals surface area contributed by atoms with Crippen molar-refractivity contribution in [2.24, 2.45) is 0 Å². The van der Waals surface area contributed by atoms with E-state index in [1.54, 1.807) is 18.2 Å². The first-order chi connectivity index (χ1) is 14.4. The molecule has 6 heteroatoms. The molecule has 0 saturated carbocycles. The number of hydrogen-bond acceptors (Lipinski definition) is 4. The Balaban J connectivity index is 1.69. The number of anilines is 1. The first-order valence-corrected chi connectivity index (χ1v) is 9.47. The van der Waals surface area contributed by atoms with Gasteiger partial charge in [0, 0.05) is 12.6 Å². The summed E-state index contributed by atoms with van der Waals surface area (Å²) in [4.78, 5) is 36.5. The molecule has 0 fully saturated rings. The minimum Gasteiger partial charge on any atom is -0.448 e. The van der Waals surface area contributed by atoms with E-state index in [-0.39, 0.29) is 5.70 Å². The Morgan fingerprint density at radius 2 is 1.57 bits per heavy atom. The normalized spacial score (nSPS) is 12.1. The highest BCUT2D eigenvalue weighted by atomic mass is 16.5. The molecule has 0 radical (unpaired) electrons. The summed E-state index contributed by atoms with van der Waals surface area (Å²) in [6.07, 6.45) is 0.439. The number of hydrogen-bond donors (Lipinski definition) is 2. The van der Waals surface area contributed by atoms with Crippen molar-refractivity contribution >= 4 is 40.3 Å². The molecule has 0 saturated heterocycles. The van der Waals surface area contributed by atoms with Crippen LogP contribution in [0.3, 0.4) is 0 Å². The van der Waals surface area contributed by atoms with Gasteiger partial charge >= 0.3 is 5.97 Å². The third-order valence-corrected chi connectivity index (χ3v) is 4.31. The lowest BCUT2D eigenvalue weighted by Crippen LogP contribution is -2.33. The fourth-order valence-corrected chi connectivity index (χ4v) is 2.84. The topological polar surface area (TPSA) is 84.5 Å². The average molecular weight is 402 g/mol. The monoisotopic (exact) mass is 402 g/mol. The Kier molecular flexibility index (Phi) is 6.60. The third-order valence-electron chi connectivity index (χ3n) is 4.31. The van der Waals surface area contributed by atoms with Gasteiger partial charge in [0.2, 0.25) is 5.91 Å². The zero-order chi connectivity index (χ0) is 21.5. The van der Waals surface area contributed by atoms with E-state index in [9.17, 15) is 14.4 Å². The van der Waals surface area contributed by atoms with Gasteiger partial charge < -0.3 is 15.4 Å². The molecule has 0 spiro atoms. The summed E-state index contributed by atoms with van der Waals surface area (Å²) in [5.41, 5.74) is 1.27. The Morgan fingerprint density at radius 3 is 2.27 bits per heavy atom. The van der Waals surface area contributed by atoms with Crippen molar-refractivity contribution in [2.75, 3.05) is 5.32 Å². The standard InChI is InChI=1S/C24H22N2O4/c1-16(23(28)26-21-13-12-19-10-6-7-11-20(19)15-21)30-24(29)22(25-17(2)27)14-18-8-4-3-5-9-18/h3-16H,1-2H3,(H,25,27)(H,26,28)/b22-14-. The Hall–Kier alpha value is -3.93. The van der Waals surface area contributed by atoms with Crippen LogP contribution in [-0.4, -0.2) is 23.9 Å². The molecule has 3 aromatic carbocycles. The molecule has 1 unspecified atom stereocenters. The van der Waals surface area contributed by atoms with Crippen LogP contribution in [0.1, 0.15) is 19.4 Å². The maximum atomic E-state index is 12.5. The van der Waals surface area contributed by atoms with E-state index in [2.05, 4.69) is 10.6 Å². The van der Waals surface area contributed by atoms with E-state index >= 15 is 0 Å². The van der Waals surface area contributed by atoms with E-state index in [0.29, 0.717) is 11.3 Å². The summed E-state index contributed by atoms with van der Waals surface area (Å²) in [6, 6.07) is 22.3. The number of rotatable bonds is 6. The second-order valence-electron chi connectivity index (χ2n) is 6.75. The molecule has 2 N–H and O–H groups in total. The highest BCUT2D eigenvalue weighted by Gasteiger charge is 2.21. The van der Waals surface area contributed by atoms with Crippen LogP contribution in [0.4, 0.5) is 5.69 Å². The molecule has 0 aliphatic heterocycles. The van der Waals surface area contributed by atoms with E-state index < -0.39 is 23.9 Å². The molecule has 0 heterocycles. The lowest BCUT2D eigenvalue weighted by molar-refractivity contribution is -0.149. The molecule has 6 nitrogen and oxygen atoms in total. The summed E-state index contributed by atoms with van der Waals surface area (Å²) < 4.78 is 5.27. The first kappa shape index (κ1) is 20.8. The molecule has 0 aromatic heterocycles. The lowest BCUT2D eigenvalue weighted by Gasteiger charge is -2.15. The van der Waals surface area contributed by atoms with Gasteiger partial charge in [0.05, 0.1) is 0 Å². The fraction of sp³-hybridized carbons (Fsp3) is 0.125. The maximum absolute atomic E-state index is 12.5. The molecule has 152 valence electrons. The Bertz CT molecular complexity index is 1110. The van der Waals surface area contributed by atoms with Crippen molar-refractivity contribution in [1.82, 2.24) is 5.32 Å². The van der Waals surface area contributed by atoms with E-state index in [4.69, 9.17) is 4.74 Å². The number of benzene rings is 3. The van der Waals surface area contributed by atoms with Gasteiger partial charge in [-0.15, -0.1) is 0 Å². The zero-order valence-corrected chi connectivity index (χ0v) is 16.7. The Morgan fingerprint density at radius 1 is 0.900 bits per heavy atom. The van der Waals surface area contributed by atoms with Crippen molar-refractivity contribution < 1.29 is 19.1 Å². The summed E-state index contributed by atoms with van der Waals surface area (Å²) >= 11 is 0. The lowest BCUT2D eigenvalue weighted by atomic mass is 10.1. The van der Waals surface area contributed by atoms with Crippen molar-refractivity contribution in [1.29, 1.82) is 0 Å². The number of nitrogens with one attached hydrogen (secondary N) is 2. The smallest absolute Gasteiger partial charge is 0.355 e. The third kappa shape index (κ3) is 5.54. The van der Waals surface area contributed by atoms with Gasteiger partial charge in [-0.1, -0.05) is 60.7 Å². The average Bonchev–Trinajstić information content (AvgIpc) is 2.73. The number of carbonyl (C=O) groups is 3. The van der Waals surface area contributed by atoms with Crippen molar-refractivity contribution in [3.63, 3.8) is 0 Å². The van der Waals surface area contributed by atoms with Crippen LogP contribution in [0.25, 0.3) is 16.8 Å². The molecular formula is C24H22N2O4.